The summed E-state index contributed by atoms with van der Waals surface area (Å²) in [5.41, 5.74) is 7.46. The van der Waals surface area contributed by atoms with Crippen LogP contribution in [0, 0.1) is 0 Å². The zero-order chi connectivity index (χ0) is 11.7. The van der Waals surface area contributed by atoms with Crippen molar-refractivity contribution in [2.45, 2.75) is 19.0 Å². The number of hydrogen-bond acceptors (Lipinski definition) is 3. The Bertz CT molecular complexity index is 620. The average Bonchev–Trinajstić information content (AvgIpc) is 2.98. The Morgan fingerprint density at radius 3 is 1.89 bits per heavy atom. The highest BCUT2D eigenvalue weighted by molar-refractivity contribution is 5.83. The van der Waals surface area contributed by atoms with Gasteiger partial charge < -0.3 is 4.74 Å². The minimum absolute atomic E-state index is 0.400. The maximum Gasteiger partial charge on any atom is 0.221 e. The predicted octanol–water partition coefficient (Wildman–Crippen LogP) is 3.25. The Labute approximate surface area is 104 Å². The molecule has 2 bridgehead atoms. The first kappa shape index (κ1) is 9.28. The number of rotatable bonds is 0. The van der Waals surface area contributed by atoms with E-state index in [0.717, 1.165) is 17.5 Å². The van der Waals surface area contributed by atoms with Gasteiger partial charge >= 0.3 is 0 Å². The van der Waals surface area contributed by atoms with Crippen molar-refractivity contribution in [1.29, 1.82) is 0 Å². The lowest BCUT2D eigenvalue weighted by atomic mass is 9.96. The molecule has 2 aliphatic heterocycles. The van der Waals surface area contributed by atoms with Crippen molar-refractivity contribution in [3.63, 3.8) is 0 Å². The lowest BCUT2D eigenvalue weighted by molar-refractivity contribution is -0.301. The first-order valence-electron chi connectivity index (χ1n) is 6.13. The third-order valence-electron chi connectivity index (χ3n) is 3.98. The van der Waals surface area contributed by atoms with E-state index < -0.39 is 12.6 Å². The van der Waals surface area contributed by atoms with E-state index in [9.17, 15) is 0 Å². The second kappa shape index (κ2) is 3.01. The molecule has 18 heavy (non-hydrogen) atoms. The highest BCUT2D eigenvalue weighted by Gasteiger charge is 2.40. The summed E-state index contributed by atoms with van der Waals surface area (Å²) in [5.74, 6) is 0. The van der Waals surface area contributed by atoms with Crippen LogP contribution in [0.5, 0.6) is 0 Å². The molecule has 0 saturated carbocycles. The van der Waals surface area contributed by atoms with Gasteiger partial charge in [-0.25, -0.2) is 0 Å². The van der Waals surface area contributed by atoms with Crippen molar-refractivity contribution in [2.24, 2.45) is 0 Å². The van der Waals surface area contributed by atoms with Gasteiger partial charge in [0.25, 0.3) is 0 Å². The maximum atomic E-state index is 5.81. The third-order valence-corrected chi connectivity index (χ3v) is 3.98. The predicted molar refractivity (Wildman–Crippen MR) is 63.4 cm³/mol. The Hall–Kier alpha value is -1.68. The number of fused-ring (bicyclic) bond motifs is 4. The lowest BCUT2D eigenvalue weighted by Crippen LogP contribution is -2.00. The molecule has 0 amide bonds. The highest BCUT2D eigenvalue weighted by Crippen LogP contribution is 2.52. The molecule has 0 N–H and O–H groups in total. The van der Waals surface area contributed by atoms with Crippen molar-refractivity contribution in [1.82, 2.24) is 0 Å². The molecule has 2 atom stereocenters. The van der Waals surface area contributed by atoms with E-state index in [-0.39, 0.29) is 0 Å². The molecular weight excluding hydrogens is 228 g/mol. The summed E-state index contributed by atoms with van der Waals surface area (Å²) in [6.07, 6.45) is 0.192. The van der Waals surface area contributed by atoms with Gasteiger partial charge in [-0.15, -0.1) is 0 Å². The van der Waals surface area contributed by atoms with Gasteiger partial charge in [0.2, 0.25) is 12.6 Å². The van der Waals surface area contributed by atoms with Crippen molar-refractivity contribution < 1.29 is 14.5 Å². The van der Waals surface area contributed by atoms with Gasteiger partial charge in [-0.2, -0.15) is 9.78 Å². The standard InChI is InChI=1S/C15H10O3/c1-3-8-7-9-4-2-6-11-13(9)12(8)10(5-1)14-16-15(11)18-17-14/h1-6,14-15H,7H2. The van der Waals surface area contributed by atoms with Gasteiger partial charge in [0.15, 0.2) is 0 Å². The molecule has 2 aromatic rings. The van der Waals surface area contributed by atoms with Gasteiger partial charge in [0.1, 0.15) is 0 Å². The van der Waals surface area contributed by atoms with Gasteiger partial charge in [0.05, 0.1) is 0 Å². The molecule has 0 aromatic heterocycles. The Kier molecular flexibility index (Phi) is 1.55. The summed E-state index contributed by atoms with van der Waals surface area (Å²) in [4.78, 5) is 10.6. The summed E-state index contributed by atoms with van der Waals surface area (Å²) < 4.78 is 5.81. The van der Waals surface area contributed by atoms with Gasteiger partial charge in [-0.05, 0) is 28.7 Å². The van der Waals surface area contributed by atoms with Crippen molar-refractivity contribution >= 4 is 0 Å². The van der Waals surface area contributed by atoms with E-state index in [2.05, 4.69) is 36.4 Å². The van der Waals surface area contributed by atoms with Crippen LogP contribution in [-0.4, -0.2) is 0 Å². The molecule has 3 nitrogen and oxygen atoms in total. The van der Waals surface area contributed by atoms with Crippen LogP contribution in [0.25, 0.3) is 11.1 Å². The smallest absolute Gasteiger partial charge is 0.221 e. The molecule has 0 spiro atoms. The van der Waals surface area contributed by atoms with Crippen molar-refractivity contribution in [2.75, 3.05) is 0 Å². The molecule has 3 aliphatic rings. The molecule has 88 valence electrons. The van der Waals surface area contributed by atoms with Crippen molar-refractivity contribution in [3.8, 4) is 11.1 Å². The molecular formula is C15H10O3. The summed E-state index contributed by atoms with van der Waals surface area (Å²) in [5, 5.41) is 0. The fourth-order valence-corrected chi connectivity index (χ4v) is 3.25. The van der Waals surface area contributed by atoms with Crippen LogP contribution in [0.15, 0.2) is 36.4 Å². The fraction of sp³-hybridized carbons (Fsp3) is 0.200. The summed E-state index contributed by atoms with van der Waals surface area (Å²) in [7, 11) is 0. The van der Waals surface area contributed by atoms with Crippen LogP contribution in [0.3, 0.4) is 0 Å². The highest BCUT2D eigenvalue weighted by atomic mass is 17.3. The van der Waals surface area contributed by atoms with Gasteiger partial charge in [0, 0.05) is 11.1 Å². The van der Waals surface area contributed by atoms with E-state index in [0.29, 0.717) is 0 Å². The molecule has 1 aliphatic carbocycles. The monoisotopic (exact) mass is 238 g/mol. The SMILES string of the molecule is c1cc2c3c(c1)C1OOC(O1)c1cccc(c1-3)C2. The largest absolute Gasteiger partial charge is 0.309 e. The van der Waals surface area contributed by atoms with Gasteiger partial charge in [-0.3, -0.25) is 0 Å². The first-order chi connectivity index (χ1) is 8.92. The van der Waals surface area contributed by atoms with E-state index in [1.54, 1.807) is 0 Å². The molecule has 3 heteroatoms. The second-order valence-corrected chi connectivity index (χ2v) is 4.93. The molecule has 2 heterocycles. The fourth-order valence-electron chi connectivity index (χ4n) is 3.25. The quantitative estimate of drug-likeness (QED) is 0.563. The minimum Gasteiger partial charge on any atom is -0.309 e. The zero-order valence-corrected chi connectivity index (χ0v) is 9.55. The topological polar surface area (TPSA) is 27.7 Å². The normalized spacial score (nSPS) is 26.0. The van der Waals surface area contributed by atoms with Crippen molar-refractivity contribution in [3.05, 3.63) is 58.7 Å². The number of ether oxygens (including phenoxy) is 1. The molecule has 2 unspecified atom stereocenters. The summed E-state index contributed by atoms with van der Waals surface area (Å²) in [6, 6.07) is 12.6. The van der Waals surface area contributed by atoms with Crippen LogP contribution < -0.4 is 0 Å². The zero-order valence-electron chi connectivity index (χ0n) is 9.55. The van der Waals surface area contributed by atoms with Crippen LogP contribution in [0.4, 0.5) is 0 Å². The Morgan fingerprint density at radius 2 is 1.33 bits per heavy atom. The Balaban J connectivity index is 1.96. The van der Waals surface area contributed by atoms with Crippen LogP contribution >= 0.6 is 0 Å². The molecule has 1 saturated heterocycles. The van der Waals surface area contributed by atoms with Gasteiger partial charge in [-0.1, -0.05) is 36.4 Å². The number of hydrogen-bond donors (Lipinski definition) is 0. The molecule has 1 fully saturated rings. The molecule has 5 rings (SSSR count). The third kappa shape index (κ3) is 0.965. The summed E-state index contributed by atoms with van der Waals surface area (Å²) >= 11 is 0. The van der Waals surface area contributed by atoms with E-state index in [1.807, 2.05) is 0 Å². The molecule has 0 radical (unpaired) electrons. The summed E-state index contributed by atoms with van der Waals surface area (Å²) in [6.45, 7) is 0. The van der Waals surface area contributed by atoms with E-state index in [1.165, 1.54) is 22.3 Å². The molecule has 2 aromatic carbocycles. The van der Waals surface area contributed by atoms with E-state index >= 15 is 0 Å². The maximum absolute atomic E-state index is 5.81. The second-order valence-electron chi connectivity index (χ2n) is 4.93. The Morgan fingerprint density at radius 1 is 0.778 bits per heavy atom. The first-order valence-corrected chi connectivity index (χ1v) is 6.13. The van der Waals surface area contributed by atoms with E-state index in [4.69, 9.17) is 14.5 Å². The van der Waals surface area contributed by atoms with Crippen LogP contribution in [0.1, 0.15) is 34.8 Å². The average molecular weight is 238 g/mol. The van der Waals surface area contributed by atoms with Crippen LogP contribution in [-0.2, 0) is 20.9 Å². The lowest BCUT2D eigenvalue weighted by Gasteiger charge is -2.13. The van der Waals surface area contributed by atoms with Crippen LogP contribution in [0.2, 0.25) is 0 Å². The minimum atomic E-state index is -0.400. The number of benzene rings is 2.